The molecule has 2 aliphatic heterocycles. The van der Waals surface area contributed by atoms with Crippen molar-refractivity contribution in [1.29, 1.82) is 0 Å². The summed E-state index contributed by atoms with van der Waals surface area (Å²) in [5.41, 5.74) is 2.16. The lowest BCUT2D eigenvalue weighted by atomic mass is 9.92. The maximum absolute atomic E-state index is 12.3. The van der Waals surface area contributed by atoms with Crippen molar-refractivity contribution in [3.05, 3.63) is 29.8 Å². The summed E-state index contributed by atoms with van der Waals surface area (Å²) in [6.45, 7) is 11.7. The van der Waals surface area contributed by atoms with Crippen LogP contribution in [0.5, 0.6) is 0 Å². The lowest BCUT2D eigenvalue weighted by Crippen LogP contribution is -2.42. The van der Waals surface area contributed by atoms with Gasteiger partial charge in [0.05, 0.1) is 19.8 Å². The Morgan fingerprint density at radius 3 is 2.36 bits per heavy atom. The molecular formula is C20H31N3O2. The summed E-state index contributed by atoms with van der Waals surface area (Å²) in [7, 11) is 0. The van der Waals surface area contributed by atoms with Gasteiger partial charge in [-0.15, -0.1) is 0 Å². The van der Waals surface area contributed by atoms with Gasteiger partial charge in [-0.25, -0.2) is 0 Å². The van der Waals surface area contributed by atoms with Crippen molar-refractivity contribution in [3.8, 4) is 0 Å². The predicted molar refractivity (Wildman–Crippen MR) is 101 cm³/mol. The number of morpholine rings is 1. The molecule has 25 heavy (non-hydrogen) atoms. The molecule has 0 aromatic heterocycles. The molecule has 0 aliphatic carbocycles. The van der Waals surface area contributed by atoms with Crippen LogP contribution in [-0.2, 0) is 16.1 Å². The molecule has 2 heterocycles. The monoisotopic (exact) mass is 345 g/mol. The van der Waals surface area contributed by atoms with Gasteiger partial charge in [-0.1, -0.05) is 26.0 Å². The first-order valence-corrected chi connectivity index (χ1v) is 9.50. The van der Waals surface area contributed by atoms with E-state index < -0.39 is 0 Å². The van der Waals surface area contributed by atoms with Crippen molar-refractivity contribution in [2.45, 2.75) is 26.8 Å². The molecule has 0 saturated carbocycles. The smallest absolute Gasteiger partial charge is 0.238 e. The summed E-state index contributed by atoms with van der Waals surface area (Å²) in [6.07, 6.45) is 1.27. The molecule has 1 amide bonds. The summed E-state index contributed by atoms with van der Waals surface area (Å²) in [6, 6.07) is 8.23. The highest BCUT2D eigenvalue weighted by Crippen LogP contribution is 2.20. The van der Waals surface area contributed by atoms with E-state index in [4.69, 9.17) is 4.74 Å². The molecule has 5 heteroatoms. The number of carbonyl (C=O) groups excluding carboxylic acids is 1. The van der Waals surface area contributed by atoms with Gasteiger partial charge in [0.2, 0.25) is 5.91 Å². The number of hydrogen-bond acceptors (Lipinski definition) is 4. The highest BCUT2D eigenvalue weighted by atomic mass is 16.5. The van der Waals surface area contributed by atoms with Gasteiger partial charge in [0.15, 0.2) is 0 Å². The van der Waals surface area contributed by atoms with Crippen LogP contribution in [0, 0.1) is 11.8 Å². The highest BCUT2D eigenvalue weighted by molar-refractivity contribution is 5.92. The molecule has 0 unspecified atom stereocenters. The highest BCUT2D eigenvalue weighted by Gasteiger charge is 2.23. The molecule has 0 bridgehead atoms. The number of likely N-dealkylation sites (tertiary alicyclic amines) is 1. The number of nitrogens with zero attached hydrogens (tertiary/aromatic N) is 2. The van der Waals surface area contributed by atoms with Crippen LogP contribution < -0.4 is 5.32 Å². The van der Waals surface area contributed by atoms with Crippen LogP contribution in [0.25, 0.3) is 0 Å². The first kappa shape index (κ1) is 18.4. The van der Waals surface area contributed by atoms with E-state index in [1.54, 1.807) is 0 Å². The van der Waals surface area contributed by atoms with Crippen molar-refractivity contribution in [1.82, 2.24) is 9.80 Å². The third-order valence-corrected chi connectivity index (χ3v) is 5.06. The minimum absolute atomic E-state index is 0.0854. The molecule has 0 spiro atoms. The molecule has 1 aromatic carbocycles. The number of amides is 1. The zero-order valence-electron chi connectivity index (χ0n) is 15.5. The van der Waals surface area contributed by atoms with Gasteiger partial charge in [0.1, 0.15) is 0 Å². The summed E-state index contributed by atoms with van der Waals surface area (Å²) in [4.78, 5) is 17.0. The van der Waals surface area contributed by atoms with Crippen molar-refractivity contribution < 1.29 is 9.53 Å². The van der Waals surface area contributed by atoms with Gasteiger partial charge in [0.25, 0.3) is 0 Å². The van der Waals surface area contributed by atoms with E-state index in [1.165, 1.54) is 12.0 Å². The Morgan fingerprint density at radius 1 is 1.08 bits per heavy atom. The number of nitrogens with one attached hydrogen (secondary N) is 1. The van der Waals surface area contributed by atoms with Crippen molar-refractivity contribution in [3.63, 3.8) is 0 Å². The summed E-state index contributed by atoms with van der Waals surface area (Å²) < 4.78 is 5.38. The van der Waals surface area contributed by atoms with Crippen molar-refractivity contribution >= 4 is 11.6 Å². The van der Waals surface area contributed by atoms with Gasteiger partial charge in [-0.2, -0.15) is 0 Å². The number of piperidine rings is 1. The second kappa shape index (κ2) is 8.79. The lowest BCUT2D eigenvalue weighted by molar-refractivity contribution is -0.117. The largest absolute Gasteiger partial charge is 0.379 e. The third-order valence-electron chi connectivity index (χ3n) is 5.06. The van der Waals surface area contributed by atoms with Crippen molar-refractivity contribution in [2.24, 2.45) is 11.8 Å². The molecule has 2 atom stereocenters. The molecule has 0 radical (unpaired) electrons. The second-order valence-electron chi connectivity index (χ2n) is 7.77. The topological polar surface area (TPSA) is 44.8 Å². The van der Waals surface area contributed by atoms with E-state index in [-0.39, 0.29) is 5.91 Å². The van der Waals surface area contributed by atoms with Gasteiger partial charge >= 0.3 is 0 Å². The molecule has 3 rings (SSSR count). The SMILES string of the molecule is C[C@H]1C[C@H](C)CN(CC(=O)Nc2ccc(CN3CCOCC3)cc2)C1. The van der Waals surface area contributed by atoms with E-state index in [0.717, 1.165) is 51.6 Å². The van der Waals surface area contributed by atoms with Gasteiger partial charge in [-0.3, -0.25) is 14.6 Å². The Kier molecular flexibility index (Phi) is 6.45. The third kappa shape index (κ3) is 5.80. The van der Waals surface area contributed by atoms with Crippen LogP contribution >= 0.6 is 0 Å². The first-order chi connectivity index (χ1) is 12.1. The minimum atomic E-state index is 0.0854. The summed E-state index contributed by atoms with van der Waals surface area (Å²) in [5.74, 6) is 1.44. The van der Waals surface area contributed by atoms with Crippen LogP contribution in [0.4, 0.5) is 5.69 Å². The van der Waals surface area contributed by atoms with E-state index in [0.29, 0.717) is 18.4 Å². The fourth-order valence-electron chi connectivity index (χ4n) is 4.04. The first-order valence-electron chi connectivity index (χ1n) is 9.50. The number of anilines is 1. The van der Waals surface area contributed by atoms with Gasteiger partial charge in [-0.05, 0) is 36.0 Å². The normalized spacial score (nSPS) is 25.7. The second-order valence-corrected chi connectivity index (χ2v) is 7.77. The van der Waals surface area contributed by atoms with Crippen LogP contribution in [0.2, 0.25) is 0 Å². The Labute approximate surface area is 151 Å². The molecule has 2 fully saturated rings. The number of hydrogen-bond donors (Lipinski definition) is 1. The van der Waals surface area contributed by atoms with Crippen LogP contribution in [0.3, 0.4) is 0 Å². The van der Waals surface area contributed by atoms with E-state index in [2.05, 4.69) is 41.1 Å². The molecule has 2 aliphatic rings. The number of rotatable bonds is 5. The average molecular weight is 345 g/mol. The molecule has 1 N–H and O–H groups in total. The van der Waals surface area contributed by atoms with Gasteiger partial charge in [0, 0.05) is 38.4 Å². The molecule has 1 aromatic rings. The summed E-state index contributed by atoms with van der Waals surface area (Å²) in [5, 5.41) is 3.04. The van der Waals surface area contributed by atoms with E-state index in [9.17, 15) is 4.79 Å². The maximum atomic E-state index is 12.3. The molecule has 138 valence electrons. The average Bonchev–Trinajstić information content (AvgIpc) is 2.56. The Bertz CT molecular complexity index is 545. The van der Waals surface area contributed by atoms with Crippen LogP contribution in [-0.4, -0.2) is 61.6 Å². The van der Waals surface area contributed by atoms with Gasteiger partial charge < -0.3 is 10.1 Å². The summed E-state index contributed by atoms with van der Waals surface area (Å²) >= 11 is 0. The lowest BCUT2D eigenvalue weighted by Gasteiger charge is -2.34. The Morgan fingerprint density at radius 2 is 1.72 bits per heavy atom. The Balaban J connectivity index is 1.46. The number of ether oxygens (including phenoxy) is 1. The molecule has 5 nitrogen and oxygen atoms in total. The van der Waals surface area contributed by atoms with E-state index >= 15 is 0 Å². The standard InChI is InChI=1S/C20H31N3O2/c1-16-11-17(2)13-23(12-16)15-20(24)21-19-5-3-18(4-6-19)14-22-7-9-25-10-8-22/h3-6,16-17H,7-15H2,1-2H3,(H,21,24)/t16-,17-/m0/s1. The zero-order chi connectivity index (χ0) is 17.6. The molecule has 2 saturated heterocycles. The minimum Gasteiger partial charge on any atom is -0.379 e. The van der Waals surface area contributed by atoms with E-state index in [1.807, 2.05) is 12.1 Å². The van der Waals surface area contributed by atoms with Crippen LogP contribution in [0.15, 0.2) is 24.3 Å². The number of carbonyl (C=O) groups is 1. The quantitative estimate of drug-likeness (QED) is 0.890. The number of benzene rings is 1. The zero-order valence-corrected chi connectivity index (χ0v) is 15.5. The predicted octanol–water partition coefficient (Wildman–Crippen LogP) is 2.44. The Hall–Kier alpha value is -1.43. The fourth-order valence-corrected chi connectivity index (χ4v) is 4.04. The van der Waals surface area contributed by atoms with Crippen LogP contribution in [0.1, 0.15) is 25.8 Å². The van der Waals surface area contributed by atoms with Crippen molar-refractivity contribution in [2.75, 3.05) is 51.3 Å². The fraction of sp³-hybridized carbons (Fsp3) is 0.650. The maximum Gasteiger partial charge on any atom is 0.238 e. The molecular weight excluding hydrogens is 314 g/mol.